The number of nitrogens with zero attached hydrogens (tertiary/aromatic N) is 2. The SMILES string of the molecule is CCCCCCCCCCOC(=O)CC1C(=O)NCCN1C(=O)C(C)Oc1ccc([N+](=O)[O-])cc1. The summed E-state index contributed by atoms with van der Waals surface area (Å²) in [4.78, 5) is 49.4. The van der Waals surface area contributed by atoms with Crippen LogP contribution in [0.5, 0.6) is 5.75 Å². The van der Waals surface area contributed by atoms with Gasteiger partial charge in [0.25, 0.3) is 11.6 Å². The number of unbranched alkanes of at least 4 members (excludes halogenated alkanes) is 7. The zero-order valence-corrected chi connectivity index (χ0v) is 20.7. The summed E-state index contributed by atoms with van der Waals surface area (Å²) in [6.45, 7) is 4.55. The summed E-state index contributed by atoms with van der Waals surface area (Å²) in [7, 11) is 0. The van der Waals surface area contributed by atoms with E-state index in [4.69, 9.17) is 9.47 Å². The lowest BCUT2D eigenvalue weighted by atomic mass is 10.1. The zero-order valence-electron chi connectivity index (χ0n) is 20.7. The number of esters is 1. The fourth-order valence-electron chi connectivity index (χ4n) is 3.95. The molecular weight excluding hydrogens is 454 g/mol. The lowest BCUT2D eigenvalue weighted by molar-refractivity contribution is -0.384. The van der Waals surface area contributed by atoms with Gasteiger partial charge in [0, 0.05) is 25.2 Å². The monoisotopic (exact) mass is 491 g/mol. The Balaban J connectivity index is 1.80. The molecule has 0 radical (unpaired) electrons. The molecule has 2 atom stereocenters. The predicted molar refractivity (Wildman–Crippen MR) is 130 cm³/mol. The first-order valence-electron chi connectivity index (χ1n) is 12.5. The van der Waals surface area contributed by atoms with Gasteiger partial charge in [0.05, 0.1) is 18.0 Å². The van der Waals surface area contributed by atoms with Gasteiger partial charge < -0.3 is 19.7 Å². The van der Waals surface area contributed by atoms with E-state index in [9.17, 15) is 24.5 Å². The molecule has 0 saturated carbocycles. The number of nitro groups is 1. The predicted octanol–water partition coefficient (Wildman–Crippen LogP) is 3.76. The number of nitrogens with one attached hydrogen (secondary N) is 1. The molecule has 1 aromatic rings. The number of benzene rings is 1. The Morgan fingerprint density at radius 2 is 1.74 bits per heavy atom. The minimum atomic E-state index is -0.967. The second-order valence-corrected chi connectivity index (χ2v) is 8.75. The van der Waals surface area contributed by atoms with Crippen LogP contribution < -0.4 is 10.1 Å². The van der Waals surface area contributed by atoms with Gasteiger partial charge in [-0.25, -0.2) is 0 Å². The summed E-state index contributed by atoms with van der Waals surface area (Å²) in [5.74, 6) is -1.08. The standard InChI is InChI=1S/C25H37N3O7/c1-3-4-5-6-7-8-9-10-17-34-23(29)18-22-24(30)26-15-16-27(22)25(31)19(2)35-21-13-11-20(12-14-21)28(32)33/h11-14,19,22H,3-10,15-18H2,1-2H3,(H,26,30). The van der Waals surface area contributed by atoms with Gasteiger partial charge in [0.15, 0.2) is 6.10 Å². The summed E-state index contributed by atoms with van der Waals surface area (Å²) < 4.78 is 10.9. The molecule has 10 nitrogen and oxygen atoms in total. The Morgan fingerprint density at radius 1 is 1.11 bits per heavy atom. The van der Waals surface area contributed by atoms with Crippen molar-refractivity contribution in [2.75, 3.05) is 19.7 Å². The van der Waals surface area contributed by atoms with Crippen LogP contribution in [-0.2, 0) is 19.1 Å². The number of piperazine rings is 1. The highest BCUT2D eigenvalue weighted by atomic mass is 16.6. The average Bonchev–Trinajstić information content (AvgIpc) is 2.84. The van der Waals surface area contributed by atoms with Gasteiger partial charge in [-0.15, -0.1) is 0 Å². The van der Waals surface area contributed by atoms with Crippen molar-refractivity contribution in [3.63, 3.8) is 0 Å². The van der Waals surface area contributed by atoms with Gasteiger partial charge in [-0.3, -0.25) is 24.5 Å². The second kappa shape index (κ2) is 15.0. The molecule has 2 rings (SSSR count). The van der Waals surface area contributed by atoms with Crippen molar-refractivity contribution >= 4 is 23.5 Å². The van der Waals surface area contributed by atoms with Crippen LogP contribution in [0, 0.1) is 10.1 Å². The lowest BCUT2D eigenvalue weighted by Crippen LogP contribution is -2.60. The molecule has 1 aliphatic rings. The zero-order chi connectivity index (χ0) is 25.6. The van der Waals surface area contributed by atoms with Crippen LogP contribution in [0.3, 0.4) is 0 Å². The molecule has 0 spiro atoms. The third-order valence-corrected chi connectivity index (χ3v) is 5.94. The van der Waals surface area contributed by atoms with Crippen molar-refractivity contribution in [3.05, 3.63) is 34.4 Å². The van der Waals surface area contributed by atoms with Gasteiger partial charge in [-0.1, -0.05) is 51.9 Å². The van der Waals surface area contributed by atoms with Crippen molar-refractivity contribution in [1.29, 1.82) is 0 Å². The Labute approximate surface area is 206 Å². The maximum atomic E-state index is 13.0. The molecule has 0 aliphatic carbocycles. The van der Waals surface area contributed by atoms with Crippen molar-refractivity contribution in [2.24, 2.45) is 0 Å². The number of rotatable bonds is 15. The Bertz CT molecular complexity index is 844. The number of nitro benzene ring substituents is 1. The van der Waals surface area contributed by atoms with Crippen LogP contribution >= 0.6 is 0 Å². The van der Waals surface area contributed by atoms with Crippen LogP contribution in [0.2, 0.25) is 0 Å². The number of non-ortho nitro benzene ring substituents is 1. The number of carbonyl (C=O) groups excluding carboxylic acids is 3. The number of hydrogen-bond acceptors (Lipinski definition) is 7. The molecule has 1 saturated heterocycles. The highest BCUT2D eigenvalue weighted by Gasteiger charge is 2.37. The highest BCUT2D eigenvalue weighted by molar-refractivity contribution is 5.93. The first-order chi connectivity index (χ1) is 16.8. The van der Waals surface area contributed by atoms with E-state index in [1.807, 2.05) is 0 Å². The summed E-state index contributed by atoms with van der Waals surface area (Å²) >= 11 is 0. The molecule has 1 heterocycles. The minimum absolute atomic E-state index is 0.0884. The molecule has 1 aliphatic heterocycles. The van der Waals surface area contributed by atoms with Gasteiger partial charge in [0.2, 0.25) is 5.91 Å². The Kier molecular flexibility index (Phi) is 12.0. The van der Waals surface area contributed by atoms with Gasteiger partial charge in [-0.2, -0.15) is 0 Å². The van der Waals surface area contributed by atoms with E-state index in [0.29, 0.717) is 12.4 Å². The number of amides is 2. The van der Waals surface area contributed by atoms with Crippen molar-refractivity contribution < 1.29 is 28.8 Å². The Hall–Kier alpha value is -3.17. The van der Waals surface area contributed by atoms with Gasteiger partial charge in [0.1, 0.15) is 11.8 Å². The Morgan fingerprint density at radius 3 is 2.37 bits per heavy atom. The van der Waals surface area contributed by atoms with E-state index in [2.05, 4.69) is 12.2 Å². The van der Waals surface area contributed by atoms with Gasteiger partial charge in [-0.05, 0) is 25.5 Å². The third kappa shape index (κ3) is 9.54. The normalized spacial score (nSPS) is 16.3. The van der Waals surface area contributed by atoms with E-state index >= 15 is 0 Å². The molecule has 0 aromatic heterocycles. The molecule has 10 heteroatoms. The van der Waals surface area contributed by atoms with E-state index in [0.717, 1.165) is 19.3 Å². The highest BCUT2D eigenvalue weighted by Crippen LogP contribution is 2.20. The molecule has 1 N–H and O–H groups in total. The van der Waals surface area contributed by atoms with Crippen molar-refractivity contribution in [3.8, 4) is 5.75 Å². The minimum Gasteiger partial charge on any atom is -0.481 e. The van der Waals surface area contributed by atoms with Crippen LogP contribution in [0.1, 0.15) is 71.6 Å². The first-order valence-corrected chi connectivity index (χ1v) is 12.5. The molecule has 2 unspecified atom stereocenters. The van der Waals surface area contributed by atoms with E-state index in [1.54, 1.807) is 0 Å². The van der Waals surface area contributed by atoms with Crippen LogP contribution in [0.4, 0.5) is 5.69 Å². The first kappa shape index (κ1) is 28.1. The molecule has 35 heavy (non-hydrogen) atoms. The summed E-state index contributed by atoms with van der Waals surface area (Å²) in [5, 5.41) is 13.5. The summed E-state index contributed by atoms with van der Waals surface area (Å²) in [6.07, 6.45) is 7.90. The van der Waals surface area contributed by atoms with Crippen molar-refractivity contribution in [2.45, 2.75) is 83.8 Å². The van der Waals surface area contributed by atoms with Crippen LogP contribution in [0.25, 0.3) is 0 Å². The molecule has 1 fully saturated rings. The van der Waals surface area contributed by atoms with E-state index < -0.39 is 34.9 Å². The van der Waals surface area contributed by atoms with E-state index in [1.165, 1.54) is 68.2 Å². The summed E-state index contributed by atoms with van der Waals surface area (Å²) in [5.41, 5.74) is -0.0884. The topological polar surface area (TPSA) is 128 Å². The average molecular weight is 492 g/mol. The number of carbonyl (C=O) groups is 3. The molecule has 2 amide bonds. The fourth-order valence-corrected chi connectivity index (χ4v) is 3.95. The maximum Gasteiger partial charge on any atom is 0.308 e. The lowest BCUT2D eigenvalue weighted by Gasteiger charge is -2.36. The fraction of sp³-hybridized carbons (Fsp3) is 0.640. The molecular formula is C25H37N3O7. The quantitative estimate of drug-likeness (QED) is 0.171. The van der Waals surface area contributed by atoms with Crippen LogP contribution in [0.15, 0.2) is 24.3 Å². The largest absolute Gasteiger partial charge is 0.481 e. The van der Waals surface area contributed by atoms with Gasteiger partial charge >= 0.3 is 5.97 Å². The number of ether oxygens (including phenoxy) is 2. The second-order valence-electron chi connectivity index (χ2n) is 8.75. The molecule has 1 aromatic carbocycles. The third-order valence-electron chi connectivity index (χ3n) is 5.94. The van der Waals surface area contributed by atoms with E-state index in [-0.39, 0.29) is 25.2 Å². The van der Waals surface area contributed by atoms with Crippen LogP contribution in [-0.4, -0.2) is 59.4 Å². The smallest absolute Gasteiger partial charge is 0.308 e. The molecule has 0 bridgehead atoms. The number of hydrogen-bond donors (Lipinski definition) is 1. The maximum absolute atomic E-state index is 13.0. The van der Waals surface area contributed by atoms with Crippen molar-refractivity contribution in [1.82, 2.24) is 10.2 Å². The molecule has 194 valence electrons. The summed E-state index contributed by atoms with van der Waals surface area (Å²) in [6, 6.07) is 4.42.